The van der Waals surface area contributed by atoms with Crippen molar-refractivity contribution in [2.24, 2.45) is 0 Å². The molecule has 1 aromatic carbocycles. The van der Waals surface area contributed by atoms with Gasteiger partial charge in [0.1, 0.15) is 28.8 Å². The third-order valence-electron chi connectivity index (χ3n) is 1.83. The molecule has 0 saturated carbocycles. The van der Waals surface area contributed by atoms with Crippen molar-refractivity contribution in [2.75, 3.05) is 0 Å². The number of nitrogens with zero attached hydrogens (tertiary/aromatic N) is 2. The average Bonchev–Trinajstić information content (AvgIpc) is 2.21. The molecule has 0 unspecified atom stereocenters. The molecule has 0 aliphatic rings. The Balaban J connectivity index is 3.88. The largest absolute Gasteiger partial charge is 0.422 e. The molecule has 88 valence electrons. The lowest BCUT2D eigenvalue weighted by molar-refractivity contribution is -0.142. The van der Waals surface area contributed by atoms with Crippen molar-refractivity contribution in [3.05, 3.63) is 34.1 Å². The summed E-state index contributed by atoms with van der Waals surface area (Å²) in [5.41, 5.74) is -5.39. The highest BCUT2D eigenvalue weighted by atomic mass is 19.4. The molecule has 0 atom stereocenters. The molecular formula is C9F6N2. The first kappa shape index (κ1) is 12.8. The number of hydrogen-bond acceptors (Lipinski definition) is 2. The van der Waals surface area contributed by atoms with Crippen LogP contribution in [0.5, 0.6) is 0 Å². The van der Waals surface area contributed by atoms with Crippen molar-refractivity contribution in [3.63, 3.8) is 0 Å². The van der Waals surface area contributed by atoms with Gasteiger partial charge in [0, 0.05) is 0 Å². The van der Waals surface area contributed by atoms with Crippen LogP contribution in [0.3, 0.4) is 0 Å². The highest BCUT2D eigenvalue weighted by Crippen LogP contribution is 2.36. The second kappa shape index (κ2) is 3.98. The van der Waals surface area contributed by atoms with Crippen molar-refractivity contribution in [3.8, 4) is 12.1 Å². The van der Waals surface area contributed by atoms with Crippen LogP contribution in [-0.2, 0) is 6.18 Å². The molecule has 0 N–H and O–H groups in total. The van der Waals surface area contributed by atoms with Crippen molar-refractivity contribution in [1.82, 2.24) is 0 Å². The minimum absolute atomic E-state index is 0.891. The van der Waals surface area contributed by atoms with E-state index in [0.29, 0.717) is 0 Å². The summed E-state index contributed by atoms with van der Waals surface area (Å²) in [7, 11) is 0. The first-order valence-electron chi connectivity index (χ1n) is 3.83. The number of alkyl halides is 3. The van der Waals surface area contributed by atoms with E-state index in [1.807, 2.05) is 0 Å². The summed E-state index contributed by atoms with van der Waals surface area (Å²) in [6.45, 7) is 0. The van der Waals surface area contributed by atoms with Gasteiger partial charge in [-0.3, -0.25) is 0 Å². The standard InChI is InChI=1S/C9F6N2/c10-6-3(1-16)4(2-17)7(11)8(12)5(6)9(13,14)15. The molecule has 0 amide bonds. The predicted molar refractivity (Wildman–Crippen MR) is 40.7 cm³/mol. The van der Waals surface area contributed by atoms with E-state index >= 15 is 0 Å². The summed E-state index contributed by atoms with van der Waals surface area (Å²) in [5.74, 6) is -7.03. The van der Waals surface area contributed by atoms with E-state index < -0.39 is 40.3 Å². The summed E-state index contributed by atoms with van der Waals surface area (Å²) in [6, 6.07) is 1.82. The smallest absolute Gasteiger partial charge is 0.205 e. The highest BCUT2D eigenvalue weighted by molar-refractivity contribution is 5.50. The molecule has 1 aromatic rings. The van der Waals surface area contributed by atoms with E-state index in [2.05, 4.69) is 0 Å². The topological polar surface area (TPSA) is 47.6 Å². The van der Waals surface area contributed by atoms with Gasteiger partial charge in [0.15, 0.2) is 17.5 Å². The van der Waals surface area contributed by atoms with Crippen molar-refractivity contribution < 1.29 is 26.3 Å². The van der Waals surface area contributed by atoms with E-state index in [1.54, 1.807) is 0 Å². The fourth-order valence-electron chi connectivity index (χ4n) is 1.12. The monoisotopic (exact) mass is 250 g/mol. The molecule has 0 saturated heterocycles. The molecule has 8 heteroatoms. The van der Waals surface area contributed by atoms with Crippen LogP contribution >= 0.6 is 0 Å². The molecule has 0 spiro atoms. The van der Waals surface area contributed by atoms with Gasteiger partial charge in [-0.2, -0.15) is 23.7 Å². The maximum absolute atomic E-state index is 13.2. The van der Waals surface area contributed by atoms with E-state index in [4.69, 9.17) is 10.5 Å². The Labute approximate surface area is 90.3 Å². The molecule has 1 rings (SSSR count). The van der Waals surface area contributed by atoms with Gasteiger partial charge in [-0.15, -0.1) is 0 Å². The summed E-state index contributed by atoms with van der Waals surface area (Å²) >= 11 is 0. The van der Waals surface area contributed by atoms with Crippen LogP contribution in [0.25, 0.3) is 0 Å². The lowest BCUT2D eigenvalue weighted by atomic mass is 10.0. The van der Waals surface area contributed by atoms with Gasteiger partial charge in [-0.25, -0.2) is 13.2 Å². The maximum atomic E-state index is 13.2. The number of rotatable bonds is 0. The van der Waals surface area contributed by atoms with E-state index in [-0.39, 0.29) is 0 Å². The van der Waals surface area contributed by atoms with Crippen LogP contribution in [0.4, 0.5) is 26.3 Å². The molecular weight excluding hydrogens is 250 g/mol. The van der Waals surface area contributed by atoms with Crippen LogP contribution in [0.1, 0.15) is 16.7 Å². The first-order chi connectivity index (χ1) is 7.75. The fourth-order valence-corrected chi connectivity index (χ4v) is 1.12. The van der Waals surface area contributed by atoms with Crippen LogP contribution < -0.4 is 0 Å². The van der Waals surface area contributed by atoms with Gasteiger partial charge in [0.05, 0.1) is 0 Å². The Hall–Kier alpha value is -2.22. The van der Waals surface area contributed by atoms with Crippen LogP contribution in [0.15, 0.2) is 0 Å². The normalized spacial score (nSPS) is 10.8. The minimum Gasteiger partial charge on any atom is -0.205 e. The third-order valence-corrected chi connectivity index (χ3v) is 1.83. The Morgan fingerprint density at radius 3 is 1.53 bits per heavy atom. The number of nitriles is 2. The molecule has 2 nitrogen and oxygen atoms in total. The minimum atomic E-state index is -5.51. The summed E-state index contributed by atoms with van der Waals surface area (Å²) in [6.07, 6.45) is -5.51. The van der Waals surface area contributed by atoms with Crippen LogP contribution in [-0.4, -0.2) is 0 Å². The van der Waals surface area contributed by atoms with E-state index in [1.165, 1.54) is 0 Å². The molecule has 0 aliphatic carbocycles. The Morgan fingerprint density at radius 2 is 1.18 bits per heavy atom. The second-order valence-corrected chi connectivity index (χ2v) is 2.79. The zero-order valence-corrected chi connectivity index (χ0v) is 7.66. The molecule has 0 aliphatic heterocycles. The highest BCUT2D eigenvalue weighted by Gasteiger charge is 2.42. The molecule has 17 heavy (non-hydrogen) atoms. The Bertz CT molecular complexity index is 561. The van der Waals surface area contributed by atoms with E-state index in [9.17, 15) is 26.3 Å². The Morgan fingerprint density at radius 1 is 0.765 bits per heavy atom. The van der Waals surface area contributed by atoms with Gasteiger partial charge in [-0.05, 0) is 0 Å². The molecule has 0 radical (unpaired) electrons. The van der Waals surface area contributed by atoms with Gasteiger partial charge < -0.3 is 0 Å². The average molecular weight is 250 g/mol. The fraction of sp³-hybridized carbons (Fsp3) is 0.111. The SMILES string of the molecule is N#Cc1c(F)c(F)c(C(F)(F)F)c(F)c1C#N. The van der Waals surface area contributed by atoms with Crippen LogP contribution in [0.2, 0.25) is 0 Å². The van der Waals surface area contributed by atoms with Gasteiger partial charge >= 0.3 is 6.18 Å². The van der Waals surface area contributed by atoms with Crippen molar-refractivity contribution >= 4 is 0 Å². The molecule has 0 heterocycles. The summed E-state index contributed by atoms with van der Waals surface area (Å²) < 4.78 is 75.7. The van der Waals surface area contributed by atoms with Gasteiger partial charge in [0.2, 0.25) is 0 Å². The van der Waals surface area contributed by atoms with Gasteiger partial charge in [-0.1, -0.05) is 0 Å². The van der Waals surface area contributed by atoms with Crippen LogP contribution in [0, 0.1) is 40.1 Å². The second-order valence-electron chi connectivity index (χ2n) is 2.79. The zero-order chi connectivity index (χ0) is 13.4. The van der Waals surface area contributed by atoms with Crippen molar-refractivity contribution in [1.29, 1.82) is 10.5 Å². The first-order valence-corrected chi connectivity index (χ1v) is 3.83. The predicted octanol–water partition coefficient (Wildman–Crippen LogP) is 2.87. The molecule has 0 bridgehead atoms. The summed E-state index contributed by atoms with van der Waals surface area (Å²) in [5, 5.41) is 16.7. The number of halogens is 6. The zero-order valence-electron chi connectivity index (χ0n) is 7.66. The molecule has 0 fully saturated rings. The lowest BCUT2D eigenvalue weighted by Gasteiger charge is -2.11. The maximum Gasteiger partial charge on any atom is 0.422 e. The lowest BCUT2D eigenvalue weighted by Crippen LogP contribution is -2.16. The quantitative estimate of drug-likeness (QED) is 0.525. The van der Waals surface area contributed by atoms with Gasteiger partial charge in [0.25, 0.3) is 0 Å². The molecule has 0 aromatic heterocycles. The number of benzene rings is 1. The number of hydrogen-bond donors (Lipinski definition) is 0. The Kier molecular flexibility index (Phi) is 3.01. The third kappa shape index (κ3) is 1.89. The summed E-state index contributed by atoms with van der Waals surface area (Å²) in [4.78, 5) is 0. The van der Waals surface area contributed by atoms with E-state index in [0.717, 1.165) is 12.1 Å². The van der Waals surface area contributed by atoms with Crippen molar-refractivity contribution in [2.45, 2.75) is 6.18 Å².